The largest absolute Gasteiger partial charge is 0.505 e. The van der Waals surface area contributed by atoms with Gasteiger partial charge < -0.3 is 19.5 Å². The number of rotatable bonds is 7. The topological polar surface area (TPSA) is 96.6 Å². The number of aromatic nitrogens is 2. The Labute approximate surface area is 231 Å². The van der Waals surface area contributed by atoms with Gasteiger partial charge >= 0.3 is 0 Å². The second-order valence-electron chi connectivity index (χ2n) is 9.91. The van der Waals surface area contributed by atoms with Gasteiger partial charge in [-0.2, -0.15) is 0 Å². The van der Waals surface area contributed by atoms with E-state index in [4.69, 9.17) is 9.47 Å². The molecule has 1 unspecified atom stereocenters. The van der Waals surface area contributed by atoms with E-state index in [9.17, 15) is 14.7 Å². The first-order valence-electron chi connectivity index (χ1n) is 13.4. The first kappa shape index (κ1) is 25.8. The third-order valence-corrected chi connectivity index (χ3v) is 7.38. The molecule has 2 aliphatic heterocycles. The minimum absolute atomic E-state index is 0.0394. The number of benzene rings is 2. The number of amides is 1. The van der Waals surface area contributed by atoms with E-state index >= 15 is 0 Å². The number of hydrogen-bond acceptors (Lipinski definition) is 7. The predicted molar refractivity (Wildman–Crippen MR) is 149 cm³/mol. The third-order valence-electron chi connectivity index (χ3n) is 7.38. The molecule has 9 nitrogen and oxygen atoms in total. The monoisotopic (exact) mass is 538 g/mol. The summed E-state index contributed by atoms with van der Waals surface area (Å²) in [6.45, 7) is 5.47. The minimum Gasteiger partial charge on any atom is -0.505 e. The Balaban J connectivity index is 1.44. The molecule has 2 aromatic carbocycles. The zero-order chi connectivity index (χ0) is 27.6. The molecule has 4 aromatic rings. The summed E-state index contributed by atoms with van der Waals surface area (Å²) < 4.78 is 13.3. The molecule has 1 N–H and O–H groups in total. The number of likely N-dealkylation sites (tertiary alicyclic amines) is 1. The van der Waals surface area contributed by atoms with Crippen molar-refractivity contribution in [1.29, 1.82) is 0 Å². The van der Waals surface area contributed by atoms with Gasteiger partial charge in [0.05, 0.1) is 30.5 Å². The number of ketones is 1. The second kappa shape index (κ2) is 11.0. The fourth-order valence-electron chi connectivity index (χ4n) is 5.43. The fraction of sp³-hybridized carbons (Fsp3) is 0.258. The summed E-state index contributed by atoms with van der Waals surface area (Å²) in [4.78, 5) is 35.4. The first-order valence-corrected chi connectivity index (χ1v) is 13.4. The number of pyridine rings is 1. The van der Waals surface area contributed by atoms with Gasteiger partial charge in [0.2, 0.25) is 0 Å². The van der Waals surface area contributed by atoms with E-state index in [2.05, 4.69) is 9.88 Å². The number of aliphatic hydroxyl groups excluding tert-OH is 1. The number of aryl methyl sites for hydroxylation is 1. The maximum atomic E-state index is 13.6. The number of morpholine rings is 1. The van der Waals surface area contributed by atoms with E-state index < -0.39 is 17.7 Å². The van der Waals surface area contributed by atoms with Crippen LogP contribution < -0.4 is 4.74 Å². The molecule has 2 saturated heterocycles. The summed E-state index contributed by atoms with van der Waals surface area (Å²) in [6.07, 6.45) is 1.78. The smallest absolute Gasteiger partial charge is 0.295 e. The number of imidazole rings is 1. The maximum Gasteiger partial charge on any atom is 0.295 e. The molecule has 0 saturated carbocycles. The van der Waals surface area contributed by atoms with Gasteiger partial charge in [0.25, 0.3) is 11.7 Å². The van der Waals surface area contributed by atoms with Gasteiger partial charge in [-0.1, -0.05) is 36.4 Å². The lowest BCUT2D eigenvalue weighted by molar-refractivity contribution is -0.140. The number of carbonyl (C=O) groups excluding carboxylic acids is 2. The van der Waals surface area contributed by atoms with Crippen LogP contribution in [0.4, 0.5) is 0 Å². The van der Waals surface area contributed by atoms with Crippen LogP contribution in [0.25, 0.3) is 11.4 Å². The SMILES string of the molecule is Cc1nc2ccccn2c1C(O)=C1C(=O)C(=O)N(CCN2CCOCC2)C1c1cccc(Oc2ccccc2)c1. The molecule has 0 aliphatic carbocycles. The molecule has 0 spiro atoms. The van der Waals surface area contributed by atoms with Crippen molar-refractivity contribution in [2.24, 2.45) is 0 Å². The Morgan fingerprint density at radius 3 is 2.52 bits per heavy atom. The van der Waals surface area contributed by atoms with E-state index in [1.807, 2.05) is 72.8 Å². The van der Waals surface area contributed by atoms with Crippen LogP contribution in [0.3, 0.4) is 0 Å². The molecule has 2 fully saturated rings. The molecule has 0 bridgehead atoms. The van der Waals surface area contributed by atoms with E-state index in [-0.39, 0.29) is 11.3 Å². The van der Waals surface area contributed by atoms with E-state index in [0.717, 1.165) is 13.1 Å². The quantitative estimate of drug-likeness (QED) is 0.214. The Bertz CT molecular complexity index is 1590. The van der Waals surface area contributed by atoms with Crippen molar-refractivity contribution < 1.29 is 24.2 Å². The zero-order valence-electron chi connectivity index (χ0n) is 22.2. The molecule has 1 atom stereocenters. The summed E-state index contributed by atoms with van der Waals surface area (Å²) in [7, 11) is 0. The number of carbonyl (C=O) groups is 2. The van der Waals surface area contributed by atoms with Crippen molar-refractivity contribution in [2.75, 3.05) is 39.4 Å². The summed E-state index contributed by atoms with van der Waals surface area (Å²) in [6, 6.07) is 21.4. The van der Waals surface area contributed by atoms with Crippen LogP contribution >= 0.6 is 0 Å². The predicted octanol–water partition coefficient (Wildman–Crippen LogP) is 4.19. The molecule has 6 rings (SSSR count). The van der Waals surface area contributed by atoms with Crippen LogP contribution in [-0.4, -0.2) is 75.4 Å². The molecule has 40 heavy (non-hydrogen) atoms. The zero-order valence-corrected chi connectivity index (χ0v) is 22.2. The summed E-state index contributed by atoms with van der Waals surface area (Å²) in [5, 5.41) is 11.7. The van der Waals surface area contributed by atoms with Gasteiger partial charge in [-0.05, 0) is 48.9 Å². The normalized spacial score (nSPS) is 19.4. The molecular formula is C31H30N4O5. The van der Waals surface area contributed by atoms with Gasteiger partial charge in [0.15, 0.2) is 5.76 Å². The molecular weight excluding hydrogens is 508 g/mol. The number of ether oxygens (including phenoxy) is 2. The van der Waals surface area contributed by atoms with Crippen LogP contribution in [0.2, 0.25) is 0 Å². The van der Waals surface area contributed by atoms with Crippen molar-refractivity contribution in [3.05, 3.63) is 102 Å². The van der Waals surface area contributed by atoms with Crippen molar-refractivity contribution in [3.63, 3.8) is 0 Å². The number of hydrogen-bond donors (Lipinski definition) is 1. The molecule has 4 heterocycles. The average Bonchev–Trinajstić information content (AvgIpc) is 3.45. The number of para-hydroxylation sites is 1. The standard InChI is InChI=1S/C31H30N4O5/c1-21-27(34-13-6-5-12-25(34)32-21)29(36)26-28(22-8-7-11-24(20-22)40-23-9-3-2-4-10-23)35(31(38)30(26)37)15-14-33-16-18-39-19-17-33/h2-13,20,28,36H,14-19H2,1H3. The van der Waals surface area contributed by atoms with Crippen LogP contribution in [-0.2, 0) is 14.3 Å². The van der Waals surface area contributed by atoms with Crippen molar-refractivity contribution >= 4 is 23.1 Å². The van der Waals surface area contributed by atoms with Crippen LogP contribution in [0.5, 0.6) is 11.5 Å². The van der Waals surface area contributed by atoms with E-state index in [1.54, 1.807) is 22.4 Å². The lowest BCUT2D eigenvalue weighted by Gasteiger charge is -2.31. The van der Waals surface area contributed by atoms with Crippen molar-refractivity contribution in [1.82, 2.24) is 19.2 Å². The lowest BCUT2D eigenvalue weighted by Crippen LogP contribution is -2.42. The number of aliphatic hydroxyl groups is 1. The van der Waals surface area contributed by atoms with Crippen molar-refractivity contribution in [2.45, 2.75) is 13.0 Å². The van der Waals surface area contributed by atoms with E-state index in [1.165, 1.54) is 0 Å². The van der Waals surface area contributed by atoms with Gasteiger partial charge in [0, 0.05) is 32.4 Å². The highest BCUT2D eigenvalue weighted by Crippen LogP contribution is 2.41. The third kappa shape index (κ3) is 4.85. The highest BCUT2D eigenvalue weighted by Gasteiger charge is 2.46. The number of Topliss-reactive ketones (excluding diaryl/α,β-unsaturated/α-hetero) is 1. The molecule has 9 heteroatoms. The Hall–Kier alpha value is -4.47. The summed E-state index contributed by atoms with van der Waals surface area (Å²) in [5.41, 5.74) is 2.30. The van der Waals surface area contributed by atoms with Crippen LogP contribution in [0.1, 0.15) is 23.0 Å². The van der Waals surface area contributed by atoms with E-state index in [0.29, 0.717) is 60.4 Å². The Morgan fingerprint density at radius 2 is 1.73 bits per heavy atom. The fourth-order valence-corrected chi connectivity index (χ4v) is 5.43. The average molecular weight is 539 g/mol. The number of fused-ring (bicyclic) bond motifs is 1. The Morgan fingerprint density at radius 1 is 0.975 bits per heavy atom. The Kier molecular flexibility index (Phi) is 7.06. The van der Waals surface area contributed by atoms with Gasteiger partial charge in [-0.25, -0.2) is 4.98 Å². The molecule has 1 amide bonds. The van der Waals surface area contributed by atoms with Gasteiger partial charge in [-0.3, -0.25) is 18.9 Å². The number of nitrogens with zero attached hydrogens (tertiary/aromatic N) is 4. The van der Waals surface area contributed by atoms with Crippen LogP contribution in [0.15, 0.2) is 84.6 Å². The minimum atomic E-state index is -0.797. The van der Waals surface area contributed by atoms with Gasteiger partial charge in [0.1, 0.15) is 22.8 Å². The van der Waals surface area contributed by atoms with Crippen molar-refractivity contribution in [3.8, 4) is 11.5 Å². The summed E-state index contributed by atoms with van der Waals surface area (Å²) >= 11 is 0. The molecule has 0 radical (unpaired) electrons. The van der Waals surface area contributed by atoms with Crippen LogP contribution in [0, 0.1) is 6.92 Å². The summed E-state index contributed by atoms with van der Waals surface area (Å²) in [5.74, 6) is -0.372. The van der Waals surface area contributed by atoms with Gasteiger partial charge in [-0.15, -0.1) is 0 Å². The molecule has 2 aliphatic rings. The highest BCUT2D eigenvalue weighted by atomic mass is 16.5. The second-order valence-corrected chi connectivity index (χ2v) is 9.91. The lowest BCUT2D eigenvalue weighted by atomic mass is 9.96. The first-order chi connectivity index (χ1) is 19.5. The molecule has 2 aromatic heterocycles. The highest BCUT2D eigenvalue weighted by molar-refractivity contribution is 6.46. The maximum absolute atomic E-state index is 13.6. The molecule has 204 valence electrons.